The normalized spacial score (nSPS) is 15.1. The molecule has 1 saturated heterocycles. The first kappa shape index (κ1) is 12.9. The van der Waals surface area contributed by atoms with Gasteiger partial charge in [0.15, 0.2) is 0 Å². The standard InChI is InChI=1S/C15H19N5/c1-2-4-13(5-3-1)12-18-15-17-7-6-14(19-15)20-10-8-16-9-11-20/h1-7,16H,8-12H2,(H,17,18,19). The minimum absolute atomic E-state index is 0.685. The summed E-state index contributed by atoms with van der Waals surface area (Å²) in [6.45, 7) is 4.75. The number of aromatic nitrogens is 2. The minimum Gasteiger partial charge on any atom is -0.354 e. The predicted molar refractivity (Wildman–Crippen MR) is 80.9 cm³/mol. The molecule has 0 saturated carbocycles. The van der Waals surface area contributed by atoms with Crippen LogP contribution in [0.1, 0.15) is 5.56 Å². The molecule has 0 bridgehead atoms. The van der Waals surface area contributed by atoms with E-state index in [-0.39, 0.29) is 0 Å². The van der Waals surface area contributed by atoms with Crippen LogP contribution in [0.5, 0.6) is 0 Å². The molecular formula is C15H19N5. The van der Waals surface area contributed by atoms with Gasteiger partial charge in [0.05, 0.1) is 0 Å². The lowest BCUT2D eigenvalue weighted by Crippen LogP contribution is -2.43. The molecule has 0 radical (unpaired) electrons. The summed E-state index contributed by atoms with van der Waals surface area (Å²) < 4.78 is 0. The molecule has 2 heterocycles. The van der Waals surface area contributed by atoms with Gasteiger partial charge in [-0.25, -0.2) is 4.98 Å². The number of benzene rings is 1. The Morgan fingerprint density at radius 2 is 1.90 bits per heavy atom. The van der Waals surface area contributed by atoms with Gasteiger partial charge in [-0.2, -0.15) is 4.98 Å². The molecule has 3 rings (SSSR count). The van der Waals surface area contributed by atoms with E-state index in [1.807, 2.05) is 30.5 Å². The smallest absolute Gasteiger partial charge is 0.224 e. The van der Waals surface area contributed by atoms with Crippen molar-refractivity contribution in [3.8, 4) is 0 Å². The monoisotopic (exact) mass is 269 g/mol. The van der Waals surface area contributed by atoms with Gasteiger partial charge in [-0.15, -0.1) is 0 Å². The summed E-state index contributed by atoms with van der Waals surface area (Å²) in [5, 5.41) is 6.62. The van der Waals surface area contributed by atoms with Gasteiger partial charge >= 0.3 is 0 Å². The molecule has 104 valence electrons. The Labute approximate surface area is 119 Å². The number of hydrogen-bond donors (Lipinski definition) is 2. The highest BCUT2D eigenvalue weighted by Crippen LogP contribution is 2.13. The van der Waals surface area contributed by atoms with Crippen molar-refractivity contribution in [3.63, 3.8) is 0 Å². The number of nitrogens with one attached hydrogen (secondary N) is 2. The molecule has 5 heteroatoms. The van der Waals surface area contributed by atoms with Crippen LogP contribution in [0.3, 0.4) is 0 Å². The van der Waals surface area contributed by atoms with Gasteiger partial charge in [0.2, 0.25) is 5.95 Å². The number of piperazine rings is 1. The fourth-order valence-electron chi connectivity index (χ4n) is 2.28. The van der Waals surface area contributed by atoms with Crippen molar-refractivity contribution in [1.82, 2.24) is 15.3 Å². The van der Waals surface area contributed by atoms with Crippen molar-refractivity contribution >= 4 is 11.8 Å². The molecular weight excluding hydrogens is 250 g/mol. The van der Waals surface area contributed by atoms with E-state index in [9.17, 15) is 0 Å². The van der Waals surface area contributed by atoms with Gasteiger partial charge in [0.1, 0.15) is 5.82 Å². The zero-order valence-corrected chi connectivity index (χ0v) is 11.4. The van der Waals surface area contributed by atoms with Crippen LogP contribution in [0, 0.1) is 0 Å². The molecule has 2 aromatic rings. The van der Waals surface area contributed by atoms with Crippen LogP contribution in [-0.4, -0.2) is 36.1 Å². The van der Waals surface area contributed by atoms with Crippen LogP contribution < -0.4 is 15.5 Å². The predicted octanol–water partition coefficient (Wildman–Crippen LogP) is 1.50. The van der Waals surface area contributed by atoms with E-state index in [0.29, 0.717) is 5.95 Å². The average Bonchev–Trinajstić information content (AvgIpc) is 2.55. The van der Waals surface area contributed by atoms with E-state index in [2.05, 4.69) is 37.6 Å². The third-order valence-corrected chi connectivity index (χ3v) is 3.38. The highest BCUT2D eigenvalue weighted by atomic mass is 15.3. The van der Waals surface area contributed by atoms with E-state index >= 15 is 0 Å². The van der Waals surface area contributed by atoms with E-state index < -0.39 is 0 Å². The topological polar surface area (TPSA) is 53.1 Å². The molecule has 1 aliphatic heterocycles. The molecule has 0 aliphatic carbocycles. The second-order valence-electron chi connectivity index (χ2n) is 4.81. The van der Waals surface area contributed by atoms with E-state index in [4.69, 9.17) is 0 Å². The third kappa shape index (κ3) is 3.24. The van der Waals surface area contributed by atoms with Crippen molar-refractivity contribution in [1.29, 1.82) is 0 Å². The summed E-state index contributed by atoms with van der Waals surface area (Å²) in [5.41, 5.74) is 1.23. The number of nitrogens with zero attached hydrogens (tertiary/aromatic N) is 3. The molecule has 1 aromatic heterocycles. The summed E-state index contributed by atoms with van der Waals surface area (Å²) in [6.07, 6.45) is 1.82. The summed E-state index contributed by atoms with van der Waals surface area (Å²) in [6, 6.07) is 12.2. The highest BCUT2D eigenvalue weighted by molar-refractivity contribution is 5.43. The summed E-state index contributed by atoms with van der Waals surface area (Å²) >= 11 is 0. The van der Waals surface area contributed by atoms with E-state index in [1.54, 1.807) is 0 Å². The second-order valence-corrected chi connectivity index (χ2v) is 4.81. The second kappa shape index (κ2) is 6.34. The Kier molecular flexibility index (Phi) is 4.08. The maximum absolute atomic E-state index is 4.59. The molecule has 0 spiro atoms. The van der Waals surface area contributed by atoms with E-state index in [0.717, 1.165) is 38.5 Å². The lowest BCUT2D eigenvalue weighted by molar-refractivity contribution is 0.584. The number of anilines is 2. The largest absolute Gasteiger partial charge is 0.354 e. The van der Waals surface area contributed by atoms with Crippen molar-refractivity contribution < 1.29 is 0 Å². The van der Waals surface area contributed by atoms with Crippen LogP contribution in [0.15, 0.2) is 42.6 Å². The van der Waals surface area contributed by atoms with Crippen molar-refractivity contribution in [2.75, 3.05) is 36.4 Å². The van der Waals surface area contributed by atoms with Gasteiger partial charge in [-0.3, -0.25) is 0 Å². The molecule has 1 fully saturated rings. The minimum atomic E-state index is 0.685. The Morgan fingerprint density at radius 3 is 2.70 bits per heavy atom. The SMILES string of the molecule is c1ccc(CNc2nccc(N3CCNCC3)n2)cc1. The molecule has 1 aromatic carbocycles. The maximum Gasteiger partial charge on any atom is 0.224 e. The zero-order chi connectivity index (χ0) is 13.6. The molecule has 0 unspecified atom stereocenters. The average molecular weight is 269 g/mol. The van der Waals surface area contributed by atoms with Gasteiger partial charge < -0.3 is 15.5 Å². The van der Waals surface area contributed by atoms with E-state index in [1.165, 1.54) is 5.56 Å². The molecule has 0 amide bonds. The third-order valence-electron chi connectivity index (χ3n) is 3.38. The lowest BCUT2D eigenvalue weighted by atomic mass is 10.2. The fraction of sp³-hybridized carbons (Fsp3) is 0.333. The Hall–Kier alpha value is -2.14. The number of hydrogen-bond acceptors (Lipinski definition) is 5. The van der Waals surface area contributed by atoms with Crippen molar-refractivity contribution in [2.45, 2.75) is 6.54 Å². The number of rotatable bonds is 4. The first-order valence-corrected chi connectivity index (χ1v) is 6.98. The van der Waals surface area contributed by atoms with Crippen LogP contribution in [-0.2, 0) is 6.54 Å². The summed E-state index contributed by atoms with van der Waals surface area (Å²) in [5.74, 6) is 1.68. The Morgan fingerprint density at radius 1 is 1.10 bits per heavy atom. The van der Waals surface area contributed by atoms with Gasteiger partial charge in [-0.05, 0) is 11.6 Å². The molecule has 1 aliphatic rings. The lowest BCUT2D eigenvalue weighted by Gasteiger charge is -2.28. The summed E-state index contributed by atoms with van der Waals surface area (Å²) in [4.78, 5) is 11.2. The molecule has 20 heavy (non-hydrogen) atoms. The van der Waals surface area contributed by atoms with Gasteiger partial charge in [0, 0.05) is 38.9 Å². The fourth-order valence-corrected chi connectivity index (χ4v) is 2.28. The first-order chi connectivity index (χ1) is 9.92. The van der Waals surface area contributed by atoms with Gasteiger partial charge in [-0.1, -0.05) is 30.3 Å². The molecule has 0 atom stereocenters. The van der Waals surface area contributed by atoms with Crippen LogP contribution in [0.25, 0.3) is 0 Å². The quantitative estimate of drug-likeness (QED) is 0.881. The van der Waals surface area contributed by atoms with Crippen molar-refractivity contribution in [3.05, 3.63) is 48.2 Å². The van der Waals surface area contributed by atoms with Crippen LogP contribution >= 0.6 is 0 Å². The van der Waals surface area contributed by atoms with Gasteiger partial charge in [0.25, 0.3) is 0 Å². The molecule has 2 N–H and O–H groups in total. The van der Waals surface area contributed by atoms with Crippen molar-refractivity contribution in [2.24, 2.45) is 0 Å². The zero-order valence-electron chi connectivity index (χ0n) is 11.4. The van der Waals surface area contributed by atoms with Crippen LogP contribution in [0.4, 0.5) is 11.8 Å². The molecule has 5 nitrogen and oxygen atoms in total. The first-order valence-electron chi connectivity index (χ1n) is 6.98. The Balaban J connectivity index is 1.65. The van der Waals surface area contributed by atoms with Crippen LogP contribution in [0.2, 0.25) is 0 Å². The Bertz CT molecular complexity index is 537. The summed E-state index contributed by atoms with van der Waals surface area (Å²) in [7, 11) is 0. The highest BCUT2D eigenvalue weighted by Gasteiger charge is 2.12. The maximum atomic E-state index is 4.59.